The third-order valence-corrected chi connectivity index (χ3v) is 5.13. The molecule has 0 aromatic carbocycles. The Morgan fingerprint density at radius 3 is 3.14 bits per heavy atom. The van der Waals surface area contributed by atoms with Crippen molar-refractivity contribution in [2.75, 3.05) is 13.1 Å². The van der Waals surface area contributed by atoms with E-state index in [4.69, 9.17) is 4.98 Å². The Balaban J connectivity index is 1.56. The molecular formula is C15H21N5OS. The van der Waals surface area contributed by atoms with E-state index in [-0.39, 0.29) is 5.91 Å². The zero-order chi connectivity index (χ0) is 15.4. The smallest absolute Gasteiger partial charge is 0.224 e. The van der Waals surface area contributed by atoms with Crippen LogP contribution < -0.4 is 0 Å². The second-order valence-corrected chi connectivity index (χ2v) is 6.51. The van der Waals surface area contributed by atoms with Gasteiger partial charge < -0.3 is 4.90 Å². The third kappa shape index (κ3) is 3.52. The van der Waals surface area contributed by atoms with Crippen LogP contribution in [0.25, 0.3) is 0 Å². The lowest BCUT2D eigenvalue weighted by atomic mass is 9.98. The number of aromatic nitrogens is 4. The van der Waals surface area contributed by atoms with Crippen molar-refractivity contribution in [1.29, 1.82) is 0 Å². The molecule has 0 N–H and O–H groups in total. The molecule has 1 saturated heterocycles. The molecule has 0 bridgehead atoms. The summed E-state index contributed by atoms with van der Waals surface area (Å²) in [6.45, 7) is 4.38. The van der Waals surface area contributed by atoms with Gasteiger partial charge in [0.15, 0.2) is 0 Å². The summed E-state index contributed by atoms with van der Waals surface area (Å²) in [5, 5.41) is 7.36. The highest BCUT2D eigenvalue weighted by Gasteiger charge is 2.26. The van der Waals surface area contributed by atoms with Crippen LogP contribution in [-0.2, 0) is 17.8 Å². The highest BCUT2D eigenvalue weighted by atomic mass is 32.1. The van der Waals surface area contributed by atoms with E-state index in [2.05, 4.69) is 22.4 Å². The number of piperidine rings is 1. The molecule has 0 saturated carbocycles. The van der Waals surface area contributed by atoms with E-state index in [9.17, 15) is 4.79 Å². The van der Waals surface area contributed by atoms with Gasteiger partial charge in [0.1, 0.15) is 12.7 Å². The van der Waals surface area contributed by atoms with Gasteiger partial charge in [-0.15, -0.1) is 11.3 Å². The lowest BCUT2D eigenvalue weighted by Crippen LogP contribution is -2.39. The monoisotopic (exact) mass is 319 g/mol. The van der Waals surface area contributed by atoms with Gasteiger partial charge >= 0.3 is 0 Å². The molecule has 3 rings (SSSR count). The Hall–Kier alpha value is -1.76. The van der Waals surface area contributed by atoms with Crippen LogP contribution in [0, 0.1) is 0 Å². The molecule has 2 aromatic heterocycles. The predicted octanol–water partition coefficient (Wildman–Crippen LogP) is 2.09. The van der Waals surface area contributed by atoms with Crippen molar-refractivity contribution in [3.63, 3.8) is 0 Å². The number of likely N-dealkylation sites (tertiary alicyclic amines) is 1. The Morgan fingerprint density at radius 1 is 1.50 bits per heavy atom. The standard InChI is InChI=1S/C15H21N5OS/c1-2-13-9-22-15(18-13)12-4-3-6-19(8-12)14(21)5-7-20-11-16-10-17-20/h9-12H,2-8H2,1H3/t12-/m0/s1. The number of thiazole rings is 1. The Labute approximate surface area is 134 Å². The van der Waals surface area contributed by atoms with Crippen molar-refractivity contribution in [2.45, 2.75) is 45.1 Å². The number of hydrogen-bond acceptors (Lipinski definition) is 5. The lowest BCUT2D eigenvalue weighted by molar-refractivity contribution is -0.132. The molecule has 1 aliphatic heterocycles. The van der Waals surface area contributed by atoms with Crippen molar-refractivity contribution in [2.24, 2.45) is 0 Å². The van der Waals surface area contributed by atoms with E-state index >= 15 is 0 Å². The average Bonchev–Trinajstić information content (AvgIpc) is 3.24. The highest BCUT2D eigenvalue weighted by molar-refractivity contribution is 7.09. The van der Waals surface area contributed by atoms with E-state index < -0.39 is 0 Å². The van der Waals surface area contributed by atoms with Gasteiger partial charge in [0.25, 0.3) is 0 Å². The number of carbonyl (C=O) groups excluding carboxylic acids is 1. The molecule has 1 aliphatic rings. The van der Waals surface area contributed by atoms with Crippen LogP contribution in [0.5, 0.6) is 0 Å². The number of hydrogen-bond donors (Lipinski definition) is 0. The summed E-state index contributed by atoms with van der Waals surface area (Å²) in [6.07, 6.45) is 6.78. The van der Waals surface area contributed by atoms with Gasteiger partial charge in [0.2, 0.25) is 5.91 Å². The van der Waals surface area contributed by atoms with Gasteiger partial charge in [-0.1, -0.05) is 6.92 Å². The molecule has 0 aliphatic carbocycles. The molecule has 1 fully saturated rings. The summed E-state index contributed by atoms with van der Waals surface area (Å²) < 4.78 is 1.70. The second kappa shape index (κ2) is 7.00. The number of nitrogens with zero attached hydrogens (tertiary/aromatic N) is 5. The number of rotatable bonds is 5. The first-order valence-corrected chi connectivity index (χ1v) is 8.68. The molecule has 1 atom stereocenters. The van der Waals surface area contributed by atoms with Gasteiger partial charge in [-0.3, -0.25) is 9.48 Å². The fourth-order valence-corrected chi connectivity index (χ4v) is 3.83. The topological polar surface area (TPSA) is 63.9 Å². The molecule has 0 radical (unpaired) electrons. The molecule has 22 heavy (non-hydrogen) atoms. The zero-order valence-corrected chi connectivity index (χ0v) is 13.6. The van der Waals surface area contributed by atoms with Gasteiger partial charge in [-0.2, -0.15) is 5.10 Å². The lowest BCUT2D eigenvalue weighted by Gasteiger charge is -2.32. The number of amides is 1. The second-order valence-electron chi connectivity index (χ2n) is 5.62. The minimum Gasteiger partial charge on any atom is -0.342 e. The maximum absolute atomic E-state index is 12.4. The van der Waals surface area contributed by atoms with Crippen LogP contribution >= 0.6 is 11.3 Å². The molecule has 118 valence electrons. The Bertz CT molecular complexity index is 609. The zero-order valence-electron chi connectivity index (χ0n) is 12.8. The third-order valence-electron chi connectivity index (χ3n) is 4.08. The molecular weight excluding hydrogens is 298 g/mol. The van der Waals surface area contributed by atoms with Gasteiger partial charge in [0, 0.05) is 30.8 Å². The normalized spacial score (nSPS) is 18.6. The van der Waals surface area contributed by atoms with Crippen LogP contribution in [0.3, 0.4) is 0 Å². The van der Waals surface area contributed by atoms with Crippen LogP contribution in [0.1, 0.15) is 42.8 Å². The largest absolute Gasteiger partial charge is 0.342 e. The molecule has 0 spiro atoms. The fourth-order valence-electron chi connectivity index (χ4n) is 2.79. The first-order chi connectivity index (χ1) is 10.8. The van der Waals surface area contributed by atoms with Crippen molar-refractivity contribution in [3.8, 4) is 0 Å². The van der Waals surface area contributed by atoms with Gasteiger partial charge in [0.05, 0.1) is 17.2 Å². The number of carbonyl (C=O) groups is 1. The summed E-state index contributed by atoms with van der Waals surface area (Å²) in [5.74, 6) is 0.599. The van der Waals surface area contributed by atoms with E-state index in [1.807, 2.05) is 4.90 Å². The SMILES string of the molecule is CCc1csc([C@H]2CCCN(C(=O)CCn3cncn3)C2)n1. The van der Waals surface area contributed by atoms with Gasteiger partial charge in [-0.05, 0) is 19.3 Å². The Morgan fingerprint density at radius 2 is 2.41 bits per heavy atom. The molecule has 6 nitrogen and oxygen atoms in total. The maximum atomic E-state index is 12.4. The highest BCUT2D eigenvalue weighted by Crippen LogP contribution is 2.29. The summed E-state index contributed by atoms with van der Waals surface area (Å²) >= 11 is 1.73. The maximum Gasteiger partial charge on any atom is 0.224 e. The van der Waals surface area contributed by atoms with Crippen molar-refractivity contribution < 1.29 is 4.79 Å². The van der Waals surface area contributed by atoms with Crippen LogP contribution in [0.4, 0.5) is 0 Å². The van der Waals surface area contributed by atoms with E-state index in [0.717, 1.165) is 38.0 Å². The molecule has 1 amide bonds. The summed E-state index contributed by atoms with van der Waals surface area (Å²) in [7, 11) is 0. The van der Waals surface area contributed by atoms with Gasteiger partial charge in [-0.25, -0.2) is 9.97 Å². The predicted molar refractivity (Wildman–Crippen MR) is 84.7 cm³/mol. The Kier molecular flexibility index (Phi) is 4.82. The van der Waals surface area contributed by atoms with Crippen LogP contribution in [-0.4, -0.2) is 43.6 Å². The first kappa shape index (κ1) is 15.1. The quantitative estimate of drug-likeness (QED) is 0.846. The number of aryl methyl sites for hydroxylation is 2. The summed E-state index contributed by atoms with van der Waals surface area (Å²) in [5.41, 5.74) is 1.16. The van der Waals surface area contributed by atoms with Crippen molar-refractivity contribution >= 4 is 17.2 Å². The first-order valence-electron chi connectivity index (χ1n) is 7.80. The van der Waals surface area contributed by atoms with E-state index in [1.54, 1.807) is 22.3 Å². The van der Waals surface area contributed by atoms with E-state index in [1.165, 1.54) is 11.3 Å². The van der Waals surface area contributed by atoms with E-state index in [0.29, 0.717) is 18.9 Å². The van der Waals surface area contributed by atoms with Crippen LogP contribution in [0.2, 0.25) is 0 Å². The summed E-state index contributed by atoms with van der Waals surface area (Å²) in [4.78, 5) is 22.9. The van der Waals surface area contributed by atoms with Crippen molar-refractivity contribution in [1.82, 2.24) is 24.6 Å². The minimum absolute atomic E-state index is 0.201. The molecule has 2 aromatic rings. The fraction of sp³-hybridized carbons (Fsp3) is 0.600. The van der Waals surface area contributed by atoms with Crippen LogP contribution in [0.15, 0.2) is 18.0 Å². The van der Waals surface area contributed by atoms with Crippen molar-refractivity contribution in [3.05, 3.63) is 28.7 Å². The average molecular weight is 319 g/mol. The minimum atomic E-state index is 0.201. The molecule has 3 heterocycles. The molecule has 0 unspecified atom stereocenters. The molecule has 7 heteroatoms. The summed E-state index contributed by atoms with van der Waals surface area (Å²) in [6, 6.07) is 0.